The Morgan fingerprint density at radius 1 is 1.08 bits per heavy atom. The maximum absolute atomic E-state index is 14.1. The van der Waals surface area contributed by atoms with Crippen molar-refractivity contribution in [3.05, 3.63) is 59.6 Å². The van der Waals surface area contributed by atoms with Crippen molar-refractivity contribution in [1.29, 1.82) is 0 Å². The summed E-state index contributed by atoms with van der Waals surface area (Å²) < 4.78 is 6.73. The van der Waals surface area contributed by atoms with Crippen molar-refractivity contribution in [1.82, 2.24) is 4.90 Å². The Morgan fingerprint density at radius 3 is 2.43 bits per heavy atom. The molecule has 6 atom stereocenters. The Morgan fingerprint density at radius 2 is 1.78 bits per heavy atom. The number of halogens is 1. The Labute approximate surface area is 221 Å². The van der Waals surface area contributed by atoms with Gasteiger partial charge < -0.3 is 25.4 Å². The SMILES string of the molecule is CC[C@@H](CO)N1C(=O)[C@@H]2[C@@H](C(=O)Nc3ccccc3)[C@@]3(CC)CCC2(O3)C1C(=O)Nc1ccccc1Cl. The zero-order valence-corrected chi connectivity index (χ0v) is 21.7. The van der Waals surface area contributed by atoms with E-state index in [1.807, 2.05) is 32.0 Å². The van der Waals surface area contributed by atoms with E-state index in [9.17, 15) is 19.5 Å². The van der Waals surface area contributed by atoms with Crippen molar-refractivity contribution < 1.29 is 24.2 Å². The summed E-state index contributed by atoms with van der Waals surface area (Å²) in [5, 5.41) is 16.4. The minimum atomic E-state index is -1.18. The summed E-state index contributed by atoms with van der Waals surface area (Å²) in [6.07, 6.45) is 1.99. The average Bonchev–Trinajstić information content (AvgIpc) is 3.51. The third-order valence-electron chi connectivity index (χ3n) is 8.40. The highest BCUT2D eigenvalue weighted by Gasteiger charge is 2.79. The van der Waals surface area contributed by atoms with Crippen LogP contribution < -0.4 is 10.6 Å². The lowest BCUT2D eigenvalue weighted by atomic mass is 9.65. The topological polar surface area (TPSA) is 108 Å². The van der Waals surface area contributed by atoms with Gasteiger partial charge in [0.2, 0.25) is 17.7 Å². The third-order valence-corrected chi connectivity index (χ3v) is 8.73. The van der Waals surface area contributed by atoms with Gasteiger partial charge in [-0.1, -0.05) is 55.8 Å². The number of fused-ring (bicyclic) bond motifs is 1. The molecule has 3 aliphatic heterocycles. The van der Waals surface area contributed by atoms with E-state index in [-0.39, 0.29) is 18.4 Å². The van der Waals surface area contributed by atoms with Crippen LogP contribution in [0.1, 0.15) is 39.5 Å². The number of carbonyl (C=O) groups is 3. The van der Waals surface area contributed by atoms with Crippen molar-refractivity contribution in [2.45, 2.75) is 62.8 Å². The maximum Gasteiger partial charge on any atom is 0.250 e. The highest BCUT2D eigenvalue weighted by molar-refractivity contribution is 6.33. The lowest BCUT2D eigenvalue weighted by molar-refractivity contribution is -0.148. The van der Waals surface area contributed by atoms with E-state index in [0.717, 1.165) is 0 Å². The monoisotopic (exact) mass is 525 g/mol. The predicted octanol–water partition coefficient (Wildman–Crippen LogP) is 3.84. The van der Waals surface area contributed by atoms with Crippen LogP contribution in [-0.4, -0.2) is 57.6 Å². The van der Waals surface area contributed by atoms with Crippen LogP contribution in [-0.2, 0) is 19.1 Å². The largest absolute Gasteiger partial charge is 0.394 e. The molecule has 0 radical (unpaired) electrons. The number of nitrogens with zero attached hydrogens (tertiary/aromatic N) is 1. The molecule has 2 unspecified atom stereocenters. The number of ether oxygens (including phenoxy) is 1. The van der Waals surface area contributed by atoms with Crippen LogP contribution >= 0.6 is 11.6 Å². The van der Waals surface area contributed by atoms with Crippen LogP contribution in [0.2, 0.25) is 5.02 Å². The van der Waals surface area contributed by atoms with Gasteiger partial charge in [-0.25, -0.2) is 0 Å². The average molecular weight is 526 g/mol. The fraction of sp³-hybridized carbons (Fsp3) is 0.464. The van der Waals surface area contributed by atoms with Crippen molar-refractivity contribution in [2.75, 3.05) is 17.2 Å². The molecule has 9 heteroatoms. The zero-order valence-electron chi connectivity index (χ0n) is 20.9. The fourth-order valence-corrected chi connectivity index (χ4v) is 6.85. The molecule has 37 heavy (non-hydrogen) atoms. The lowest BCUT2D eigenvalue weighted by Gasteiger charge is -2.37. The molecule has 196 valence electrons. The summed E-state index contributed by atoms with van der Waals surface area (Å²) in [5.41, 5.74) is -0.975. The molecule has 2 aromatic rings. The minimum absolute atomic E-state index is 0.294. The number of aliphatic hydroxyl groups excluding tert-OH is 1. The summed E-state index contributed by atoms with van der Waals surface area (Å²) in [7, 11) is 0. The molecule has 3 saturated heterocycles. The number of likely N-dealkylation sites (tertiary alicyclic amines) is 1. The molecule has 3 amide bonds. The van der Waals surface area contributed by atoms with Gasteiger partial charge in [0.1, 0.15) is 11.6 Å². The number of rotatable bonds is 8. The molecule has 0 saturated carbocycles. The number of para-hydroxylation sites is 2. The van der Waals surface area contributed by atoms with Crippen molar-refractivity contribution >= 4 is 40.7 Å². The van der Waals surface area contributed by atoms with Crippen LogP contribution in [0.5, 0.6) is 0 Å². The molecule has 3 aliphatic rings. The third kappa shape index (κ3) is 3.93. The minimum Gasteiger partial charge on any atom is -0.394 e. The summed E-state index contributed by atoms with van der Waals surface area (Å²) >= 11 is 6.31. The van der Waals surface area contributed by atoms with Gasteiger partial charge in [0.05, 0.1) is 40.8 Å². The fourth-order valence-electron chi connectivity index (χ4n) is 6.67. The normalized spacial score (nSPS) is 30.8. The van der Waals surface area contributed by atoms with E-state index in [0.29, 0.717) is 42.1 Å². The number of carbonyl (C=O) groups excluding carboxylic acids is 3. The Hall–Kier alpha value is -2.94. The Balaban J connectivity index is 1.56. The van der Waals surface area contributed by atoms with Crippen LogP contribution in [0, 0.1) is 11.8 Å². The van der Waals surface area contributed by atoms with Gasteiger partial charge in [0.15, 0.2) is 0 Å². The number of hydrogen-bond acceptors (Lipinski definition) is 5. The number of nitrogens with one attached hydrogen (secondary N) is 2. The zero-order chi connectivity index (χ0) is 26.4. The highest BCUT2D eigenvalue weighted by atomic mass is 35.5. The molecule has 2 bridgehead atoms. The molecule has 5 rings (SSSR count). The van der Waals surface area contributed by atoms with Crippen LogP contribution in [0.15, 0.2) is 54.6 Å². The van der Waals surface area contributed by atoms with Gasteiger partial charge in [0, 0.05) is 5.69 Å². The van der Waals surface area contributed by atoms with Gasteiger partial charge in [-0.3, -0.25) is 14.4 Å². The summed E-state index contributed by atoms with van der Waals surface area (Å²) in [4.78, 5) is 43.3. The standard InChI is InChI=1S/C28H32ClN3O5/c1-3-18(16-33)32-23(25(35)31-20-13-9-8-12-19(20)29)28-15-14-27(4-2,37-28)21(22(28)26(32)36)24(34)30-17-10-6-5-7-11-17/h5-13,18,21-23,33H,3-4,14-16H2,1-2H3,(H,30,34)(H,31,35)/t18-,21-,22-,23?,27+,28?/m0/s1. The Kier molecular flexibility index (Phi) is 6.77. The second-order valence-corrected chi connectivity index (χ2v) is 10.6. The molecular formula is C28H32ClN3O5. The second-order valence-electron chi connectivity index (χ2n) is 10.1. The van der Waals surface area contributed by atoms with Gasteiger partial charge in [-0.2, -0.15) is 0 Å². The molecule has 2 aromatic carbocycles. The van der Waals surface area contributed by atoms with Crippen molar-refractivity contribution in [3.8, 4) is 0 Å². The van der Waals surface area contributed by atoms with Gasteiger partial charge >= 0.3 is 0 Å². The van der Waals surface area contributed by atoms with Crippen molar-refractivity contribution in [3.63, 3.8) is 0 Å². The summed E-state index contributed by atoms with van der Waals surface area (Å²) in [6.45, 7) is 3.50. The second kappa shape index (κ2) is 9.74. The molecule has 0 aromatic heterocycles. The van der Waals surface area contributed by atoms with E-state index in [1.54, 1.807) is 36.4 Å². The van der Waals surface area contributed by atoms with E-state index < -0.39 is 41.0 Å². The highest BCUT2D eigenvalue weighted by Crippen LogP contribution is 2.64. The maximum atomic E-state index is 14.1. The number of amides is 3. The first-order valence-corrected chi connectivity index (χ1v) is 13.2. The number of hydrogen-bond donors (Lipinski definition) is 3. The van der Waals surface area contributed by atoms with Crippen molar-refractivity contribution in [2.24, 2.45) is 11.8 Å². The first-order chi connectivity index (χ1) is 17.8. The van der Waals surface area contributed by atoms with Crippen LogP contribution in [0.25, 0.3) is 0 Å². The molecule has 3 heterocycles. The van der Waals surface area contributed by atoms with E-state index in [2.05, 4.69) is 10.6 Å². The quantitative estimate of drug-likeness (QED) is 0.485. The molecule has 8 nitrogen and oxygen atoms in total. The van der Waals surface area contributed by atoms with Crippen LogP contribution in [0.3, 0.4) is 0 Å². The number of anilines is 2. The molecule has 0 aliphatic carbocycles. The molecular weight excluding hydrogens is 494 g/mol. The van der Waals surface area contributed by atoms with Gasteiger partial charge in [-0.15, -0.1) is 0 Å². The predicted molar refractivity (Wildman–Crippen MR) is 140 cm³/mol. The number of benzene rings is 2. The number of aliphatic hydroxyl groups is 1. The van der Waals surface area contributed by atoms with E-state index >= 15 is 0 Å². The Bertz CT molecular complexity index is 1210. The smallest absolute Gasteiger partial charge is 0.250 e. The first kappa shape index (κ1) is 25.7. The molecule has 1 spiro atoms. The first-order valence-electron chi connectivity index (χ1n) is 12.9. The van der Waals surface area contributed by atoms with Crippen LogP contribution in [0.4, 0.5) is 11.4 Å². The summed E-state index contributed by atoms with van der Waals surface area (Å²) in [5.74, 6) is -2.67. The lowest BCUT2D eigenvalue weighted by Crippen LogP contribution is -2.56. The summed E-state index contributed by atoms with van der Waals surface area (Å²) in [6, 6.07) is 14.4. The van der Waals surface area contributed by atoms with E-state index in [1.165, 1.54) is 4.90 Å². The molecule has 3 N–H and O–H groups in total. The molecule has 3 fully saturated rings. The van der Waals surface area contributed by atoms with E-state index in [4.69, 9.17) is 16.3 Å². The van der Waals surface area contributed by atoms with Gasteiger partial charge in [0.25, 0.3) is 0 Å². The van der Waals surface area contributed by atoms with Gasteiger partial charge in [-0.05, 0) is 49.9 Å².